The first-order valence-corrected chi connectivity index (χ1v) is 2.90. The lowest BCUT2D eigenvalue weighted by molar-refractivity contribution is -0.358. The van der Waals surface area contributed by atoms with Gasteiger partial charge in [0.2, 0.25) is 0 Å². The molecule has 0 aromatic carbocycles. The average molecular weight is 129 g/mol. The minimum absolute atomic E-state index is 0.0490. The maximum Gasteiger partial charge on any atom is 0.0438 e. The molecule has 0 atom stereocenters. The van der Waals surface area contributed by atoms with Crippen molar-refractivity contribution >= 4 is 0 Å². The van der Waals surface area contributed by atoms with E-state index in [2.05, 4.69) is 11.3 Å². The first-order valence-electron chi connectivity index (χ1n) is 2.90. The Labute approximate surface area is 56.1 Å². The minimum Gasteiger partial charge on any atom is -0.613 e. The lowest BCUT2D eigenvalue weighted by Gasteiger charge is -2.24. The minimum atomic E-state index is -0.454. The van der Waals surface area contributed by atoms with Crippen molar-refractivity contribution in [2.75, 3.05) is 6.61 Å². The van der Waals surface area contributed by atoms with Gasteiger partial charge in [0, 0.05) is 5.95 Å². The first-order chi connectivity index (χ1) is 3.92. The molecule has 0 aliphatic rings. The van der Waals surface area contributed by atoms with Crippen molar-refractivity contribution in [2.45, 2.75) is 20.8 Å². The van der Waals surface area contributed by atoms with E-state index in [-0.39, 0.29) is 5.41 Å². The standard InChI is InChI=1S/C7H14O2/c1-6(8)9-5-7(2,3)4/h8H,1,5H2,2-4H3/p-1. The maximum absolute atomic E-state index is 10.2. The van der Waals surface area contributed by atoms with Gasteiger partial charge in [-0.15, -0.1) is 0 Å². The molecule has 0 N–H and O–H groups in total. The van der Waals surface area contributed by atoms with Gasteiger partial charge < -0.3 is 9.84 Å². The van der Waals surface area contributed by atoms with Crippen LogP contribution in [0.25, 0.3) is 0 Å². The van der Waals surface area contributed by atoms with Crippen molar-refractivity contribution in [3.63, 3.8) is 0 Å². The van der Waals surface area contributed by atoms with Crippen molar-refractivity contribution in [1.82, 2.24) is 0 Å². The molecule has 54 valence electrons. The van der Waals surface area contributed by atoms with Crippen molar-refractivity contribution in [1.29, 1.82) is 0 Å². The van der Waals surface area contributed by atoms with E-state index in [1.54, 1.807) is 0 Å². The third-order valence-corrected chi connectivity index (χ3v) is 0.666. The molecule has 2 nitrogen and oxygen atoms in total. The fourth-order valence-corrected chi connectivity index (χ4v) is 0.297. The molecular weight excluding hydrogens is 116 g/mol. The zero-order valence-corrected chi connectivity index (χ0v) is 6.23. The van der Waals surface area contributed by atoms with E-state index in [9.17, 15) is 5.11 Å². The van der Waals surface area contributed by atoms with Crippen molar-refractivity contribution in [2.24, 2.45) is 5.41 Å². The molecule has 0 bridgehead atoms. The van der Waals surface area contributed by atoms with Gasteiger partial charge in [0.25, 0.3) is 0 Å². The molecule has 0 rings (SSSR count). The molecule has 0 saturated heterocycles. The highest BCUT2D eigenvalue weighted by Crippen LogP contribution is 2.13. The molecular formula is C7H13O2-. The van der Waals surface area contributed by atoms with E-state index in [4.69, 9.17) is 0 Å². The van der Waals surface area contributed by atoms with Crippen molar-refractivity contribution in [3.8, 4) is 0 Å². The summed E-state index contributed by atoms with van der Waals surface area (Å²) >= 11 is 0. The van der Waals surface area contributed by atoms with Gasteiger partial charge in [-0.05, 0) is 12.0 Å². The monoisotopic (exact) mass is 129 g/mol. The third kappa shape index (κ3) is 7.34. The van der Waals surface area contributed by atoms with Crippen LogP contribution in [0.3, 0.4) is 0 Å². The predicted molar refractivity (Wildman–Crippen MR) is 34.5 cm³/mol. The summed E-state index contributed by atoms with van der Waals surface area (Å²) < 4.78 is 4.66. The number of hydrogen-bond acceptors (Lipinski definition) is 2. The van der Waals surface area contributed by atoms with Crippen LogP contribution < -0.4 is 5.11 Å². The Morgan fingerprint density at radius 3 is 2.11 bits per heavy atom. The van der Waals surface area contributed by atoms with Crippen LogP contribution in [0.1, 0.15) is 20.8 Å². The highest BCUT2D eigenvalue weighted by atomic mass is 16.6. The summed E-state index contributed by atoms with van der Waals surface area (Å²) in [7, 11) is 0. The predicted octanol–water partition coefficient (Wildman–Crippen LogP) is 0.881. The van der Waals surface area contributed by atoms with Crippen LogP contribution in [0.5, 0.6) is 0 Å². The smallest absolute Gasteiger partial charge is 0.0438 e. The molecule has 0 aliphatic carbocycles. The molecule has 0 unspecified atom stereocenters. The molecule has 0 heterocycles. The van der Waals surface area contributed by atoms with Gasteiger partial charge in [-0.25, -0.2) is 0 Å². The van der Waals surface area contributed by atoms with E-state index < -0.39 is 5.95 Å². The molecule has 9 heavy (non-hydrogen) atoms. The second-order valence-electron chi connectivity index (χ2n) is 3.22. The van der Waals surface area contributed by atoms with Gasteiger partial charge >= 0.3 is 0 Å². The summed E-state index contributed by atoms with van der Waals surface area (Å²) in [5.74, 6) is -0.454. The summed E-state index contributed by atoms with van der Waals surface area (Å²) in [6, 6.07) is 0. The topological polar surface area (TPSA) is 32.3 Å². The quantitative estimate of drug-likeness (QED) is 0.518. The van der Waals surface area contributed by atoms with Crippen LogP contribution in [0.15, 0.2) is 12.5 Å². The van der Waals surface area contributed by atoms with Crippen LogP contribution >= 0.6 is 0 Å². The van der Waals surface area contributed by atoms with Crippen LogP contribution in [-0.4, -0.2) is 6.61 Å². The summed E-state index contributed by atoms with van der Waals surface area (Å²) in [6.07, 6.45) is 0. The fraction of sp³-hybridized carbons (Fsp3) is 0.714. The van der Waals surface area contributed by atoms with Gasteiger partial charge in [-0.3, -0.25) is 0 Å². The lowest BCUT2D eigenvalue weighted by Crippen LogP contribution is -2.17. The molecule has 0 spiro atoms. The fourth-order valence-electron chi connectivity index (χ4n) is 0.297. The van der Waals surface area contributed by atoms with Crippen LogP contribution in [0.4, 0.5) is 0 Å². The Hall–Kier alpha value is -0.660. The molecule has 0 aromatic heterocycles. The molecule has 0 aliphatic heterocycles. The number of hydrogen-bond donors (Lipinski definition) is 0. The highest BCUT2D eigenvalue weighted by molar-refractivity contribution is 4.65. The van der Waals surface area contributed by atoms with Gasteiger partial charge in [0.15, 0.2) is 0 Å². The lowest BCUT2D eigenvalue weighted by atomic mass is 9.99. The van der Waals surface area contributed by atoms with Crippen LogP contribution in [0, 0.1) is 5.41 Å². The summed E-state index contributed by atoms with van der Waals surface area (Å²) in [5.41, 5.74) is 0.0490. The van der Waals surface area contributed by atoms with Gasteiger partial charge in [0.1, 0.15) is 0 Å². The second-order valence-corrected chi connectivity index (χ2v) is 3.22. The Morgan fingerprint density at radius 1 is 1.56 bits per heavy atom. The molecule has 0 fully saturated rings. The van der Waals surface area contributed by atoms with E-state index in [0.29, 0.717) is 6.61 Å². The number of ether oxygens (including phenoxy) is 1. The van der Waals surface area contributed by atoms with Gasteiger partial charge in [0.05, 0.1) is 0 Å². The molecule has 2 heteroatoms. The normalized spacial score (nSPS) is 11.0. The molecule has 0 amide bonds. The largest absolute Gasteiger partial charge is 0.613 e. The van der Waals surface area contributed by atoms with Crippen molar-refractivity contribution in [3.05, 3.63) is 12.5 Å². The first kappa shape index (κ1) is 8.34. The maximum atomic E-state index is 10.2. The third-order valence-electron chi connectivity index (χ3n) is 0.666. The van der Waals surface area contributed by atoms with Crippen molar-refractivity contribution < 1.29 is 9.84 Å². The Kier molecular flexibility index (Phi) is 2.56. The molecule has 0 saturated carbocycles. The highest BCUT2D eigenvalue weighted by Gasteiger charge is 2.05. The Bertz CT molecular complexity index is 100.0. The zero-order chi connectivity index (χ0) is 7.49. The Balaban J connectivity index is 3.39. The van der Waals surface area contributed by atoms with E-state index in [0.717, 1.165) is 0 Å². The average Bonchev–Trinajstić information content (AvgIpc) is 1.59. The zero-order valence-electron chi connectivity index (χ0n) is 6.23. The molecule has 0 aromatic rings. The SMILES string of the molecule is C=C([O-])OCC(C)(C)C. The van der Waals surface area contributed by atoms with Crippen LogP contribution in [-0.2, 0) is 4.74 Å². The van der Waals surface area contributed by atoms with Crippen LogP contribution in [0.2, 0.25) is 0 Å². The second kappa shape index (κ2) is 2.76. The van der Waals surface area contributed by atoms with E-state index in [1.165, 1.54) is 0 Å². The summed E-state index contributed by atoms with van der Waals surface area (Å²) in [4.78, 5) is 0. The number of rotatable bonds is 2. The van der Waals surface area contributed by atoms with E-state index in [1.807, 2.05) is 20.8 Å². The summed E-state index contributed by atoms with van der Waals surface area (Å²) in [5, 5.41) is 10.2. The molecule has 0 radical (unpaired) electrons. The summed E-state index contributed by atoms with van der Waals surface area (Å²) in [6.45, 7) is 9.51. The van der Waals surface area contributed by atoms with Gasteiger partial charge in [-0.2, -0.15) is 0 Å². The van der Waals surface area contributed by atoms with E-state index >= 15 is 0 Å². The van der Waals surface area contributed by atoms with Gasteiger partial charge in [-0.1, -0.05) is 27.4 Å². The Morgan fingerprint density at radius 2 is 2.00 bits per heavy atom.